The quantitative estimate of drug-likeness (QED) is 0.645. The van der Waals surface area contributed by atoms with E-state index >= 15 is 0 Å². The number of imidazole rings is 1. The highest BCUT2D eigenvalue weighted by molar-refractivity contribution is 5.57. The Morgan fingerprint density at radius 2 is 1.69 bits per heavy atom. The van der Waals surface area contributed by atoms with Crippen molar-refractivity contribution < 1.29 is 5.11 Å². The molecule has 4 nitrogen and oxygen atoms in total. The van der Waals surface area contributed by atoms with Crippen molar-refractivity contribution in [3.8, 4) is 11.3 Å². The topological polar surface area (TPSA) is 50.1 Å². The van der Waals surface area contributed by atoms with Crippen molar-refractivity contribution in [2.75, 3.05) is 6.54 Å². The van der Waals surface area contributed by atoms with E-state index in [9.17, 15) is 5.11 Å². The fraction of sp³-hybridized carbons (Fsp3) is 0.318. The number of aliphatic hydroxyl groups is 1. The van der Waals surface area contributed by atoms with E-state index in [1.54, 1.807) is 0 Å². The average molecular weight is 349 g/mol. The Labute approximate surface area is 155 Å². The summed E-state index contributed by atoms with van der Waals surface area (Å²) in [4.78, 5) is 4.50. The van der Waals surface area contributed by atoms with Gasteiger partial charge in [0.05, 0.1) is 18.1 Å². The summed E-state index contributed by atoms with van der Waals surface area (Å²) in [5.41, 5.74) is 3.00. The van der Waals surface area contributed by atoms with Crippen LogP contribution in [0.2, 0.25) is 0 Å². The summed E-state index contributed by atoms with van der Waals surface area (Å²) in [5, 5.41) is 13.8. The lowest BCUT2D eigenvalue weighted by atomic mass is 9.99. The highest BCUT2D eigenvalue weighted by Gasteiger charge is 2.19. The van der Waals surface area contributed by atoms with Gasteiger partial charge >= 0.3 is 0 Å². The van der Waals surface area contributed by atoms with E-state index in [0.717, 1.165) is 29.8 Å². The molecule has 136 valence electrons. The molecule has 0 saturated heterocycles. The number of hydrogen-bond acceptors (Lipinski definition) is 3. The van der Waals surface area contributed by atoms with Gasteiger partial charge in [-0.1, -0.05) is 60.7 Å². The molecule has 1 aromatic heterocycles. The van der Waals surface area contributed by atoms with Gasteiger partial charge in [-0.05, 0) is 25.8 Å². The van der Waals surface area contributed by atoms with Crippen LogP contribution in [0.4, 0.5) is 0 Å². The molecule has 2 aromatic carbocycles. The van der Waals surface area contributed by atoms with E-state index in [-0.39, 0.29) is 5.54 Å². The van der Waals surface area contributed by atoms with Gasteiger partial charge in [0.1, 0.15) is 0 Å². The maximum atomic E-state index is 10.3. The number of hydrogen-bond donors (Lipinski definition) is 2. The summed E-state index contributed by atoms with van der Waals surface area (Å²) >= 11 is 0. The Morgan fingerprint density at radius 3 is 2.38 bits per heavy atom. The summed E-state index contributed by atoms with van der Waals surface area (Å²) in [6.45, 7) is 5.75. The average Bonchev–Trinajstić information content (AvgIpc) is 3.15. The van der Waals surface area contributed by atoms with Crippen LogP contribution < -0.4 is 5.32 Å². The molecule has 3 aromatic rings. The summed E-state index contributed by atoms with van der Waals surface area (Å²) in [6.07, 6.45) is 4.43. The summed E-state index contributed by atoms with van der Waals surface area (Å²) in [7, 11) is 0. The maximum absolute atomic E-state index is 10.3. The van der Waals surface area contributed by atoms with Gasteiger partial charge in [-0.15, -0.1) is 0 Å². The Kier molecular flexibility index (Phi) is 5.86. The van der Waals surface area contributed by atoms with Crippen molar-refractivity contribution in [3.05, 3.63) is 78.8 Å². The summed E-state index contributed by atoms with van der Waals surface area (Å²) in [6, 6.07) is 20.0. The molecule has 0 aliphatic heterocycles. The molecule has 4 heteroatoms. The number of β-amino-alcohol motifs (C(OH)–C–C–N with tert-alkyl or cyclic N) is 1. The van der Waals surface area contributed by atoms with E-state index in [4.69, 9.17) is 0 Å². The minimum atomic E-state index is -0.492. The minimum Gasteiger partial charge on any atom is -0.387 e. The highest BCUT2D eigenvalue weighted by Crippen LogP contribution is 2.18. The fourth-order valence-corrected chi connectivity index (χ4v) is 2.90. The first kappa shape index (κ1) is 18.4. The number of nitrogens with zero attached hydrogens (tertiary/aromatic N) is 2. The van der Waals surface area contributed by atoms with Crippen LogP contribution in [-0.2, 0) is 6.54 Å². The van der Waals surface area contributed by atoms with Crippen LogP contribution in [0, 0.1) is 0 Å². The van der Waals surface area contributed by atoms with Crippen LogP contribution in [0.15, 0.2) is 73.2 Å². The molecule has 0 amide bonds. The van der Waals surface area contributed by atoms with E-state index in [1.807, 2.05) is 54.9 Å². The largest absolute Gasteiger partial charge is 0.387 e. The molecular formula is C22H27N3O. The van der Waals surface area contributed by atoms with Gasteiger partial charge in [0, 0.05) is 30.4 Å². The van der Waals surface area contributed by atoms with Gasteiger partial charge in [0.15, 0.2) is 0 Å². The van der Waals surface area contributed by atoms with E-state index in [1.165, 1.54) is 0 Å². The standard InChI is InChI=1S/C22H27N3O/c1-22(2,24-15-21(26)19-11-7-4-8-12-19)13-14-25-16-20(23-17-25)18-9-5-3-6-10-18/h3-12,16-17,21,24,26H,13-15H2,1-2H3. The Balaban J connectivity index is 1.51. The van der Waals surface area contributed by atoms with Crippen LogP contribution in [0.1, 0.15) is 31.9 Å². The van der Waals surface area contributed by atoms with E-state index in [2.05, 4.69) is 47.0 Å². The highest BCUT2D eigenvalue weighted by atomic mass is 16.3. The molecular weight excluding hydrogens is 322 g/mol. The van der Waals surface area contributed by atoms with Crippen molar-refractivity contribution in [1.29, 1.82) is 0 Å². The second kappa shape index (κ2) is 8.30. The molecule has 2 N–H and O–H groups in total. The molecule has 1 atom stereocenters. The monoisotopic (exact) mass is 349 g/mol. The molecule has 0 fully saturated rings. The predicted molar refractivity (Wildman–Crippen MR) is 106 cm³/mol. The van der Waals surface area contributed by atoms with Crippen molar-refractivity contribution in [2.24, 2.45) is 0 Å². The van der Waals surface area contributed by atoms with E-state index in [0.29, 0.717) is 6.54 Å². The van der Waals surface area contributed by atoms with Gasteiger partial charge in [-0.25, -0.2) is 4.98 Å². The summed E-state index contributed by atoms with van der Waals surface area (Å²) in [5.74, 6) is 0. The van der Waals surface area contributed by atoms with Crippen molar-refractivity contribution in [3.63, 3.8) is 0 Å². The third-order valence-electron chi connectivity index (χ3n) is 4.66. The second-order valence-electron chi connectivity index (χ2n) is 7.30. The Bertz CT molecular complexity index is 797. The Hall–Kier alpha value is -2.43. The van der Waals surface area contributed by atoms with Crippen LogP contribution in [0.25, 0.3) is 11.3 Å². The van der Waals surface area contributed by atoms with Crippen molar-refractivity contribution >= 4 is 0 Å². The zero-order chi connectivity index (χ0) is 18.4. The fourth-order valence-electron chi connectivity index (χ4n) is 2.90. The van der Waals surface area contributed by atoms with Gasteiger partial charge in [-0.3, -0.25) is 0 Å². The SMILES string of the molecule is CC(C)(CCn1cnc(-c2ccccc2)c1)NCC(O)c1ccccc1. The first-order chi connectivity index (χ1) is 12.5. The molecule has 0 aliphatic rings. The van der Waals surface area contributed by atoms with Crippen molar-refractivity contribution in [2.45, 2.75) is 38.5 Å². The lowest BCUT2D eigenvalue weighted by molar-refractivity contribution is 0.158. The normalized spacial score (nSPS) is 12.9. The molecule has 0 saturated carbocycles. The third-order valence-corrected chi connectivity index (χ3v) is 4.66. The second-order valence-corrected chi connectivity index (χ2v) is 7.30. The molecule has 1 unspecified atom stereocenters. The zero-order valence-corrected chi connectivity index (χ0v) is 15.5. The van der Waals surface area contributed by atoms with E-state index < -0.39 is 6.10 Å². The molecule has 0 aliphatic carbocycles. The lowest BCUT2D eigenvalue weighted by Gasteiger charge is -2.28. The first-order valence-corrected chi connectivity index (χ1v) is 9.09. The van der Waals surface area contributed by atoms with Crippen molar-refractivity contribution in [1.82, 2.24) is 14.9 Å². The number of benzene rings is 2. The molecule has 0 bridgehead atoms. The third kappa shape index (κ3) is 5.04. The van der Waals surface area contributed by atoms with Crippen LogP contribution in [-0.4, -0.2) is 26.7 Å². The number of aliphatic hydroxyl groups excluding tert-OH is 1. The molecule has 0 radical (unpaired) electrons. The van der Waals surface area contributed by atoms with Crippen LogP contribution in [0.5, 0.6) is 0 Å². The lowest BCUT2D eigenvalue weighted by Crippen LogP contribution is -2.42. The molecule has 3 rings (SSSR count). The number of aromatic nitrogens is 2. The maximum Gasteiger partial charge on any atom is 0.0953 e. The number of aryl methyl sites for hydroxylation is 1. The predicted octanol–water partition coefficient (Wildman–Crippen LogP) is 4.04. The van der Waals surface area contributed by atoms with Crippen LogP contribution >= 0.6 is 0 Å². The Morgan fingerprint density at radius 1 is 1.04 bits per heavy atom. The number of nitrogens with one attached hydrogen (secondary N) is 1. The van der Waals surface area contributed by atoms with Gasteiger partial charge in [0.25, 0.3) is 0 Å². The van der Waals surface area contributed by atoms with Gasteiger partial charge in [-0.2, -0.15) is 0 Å². The number of rotatable bonds is 8. The smallest absolute Gasteiger partial charge is 0.0953 e. The zero-order valence-electron chi connectivity index (χ0n) is 15.5. The minimum absolute atomic E-state index is 0.0764. The van der Waals surface area contributed by atoms with Crippen LogP contribution in [0.3, 0.4) is 0 Å². The molecule has 26 heavy (non-hydrogen) atoms. The van der Waals surface area contributed by atoms with Gasteiger partial charge < -0.3 is 15.0 Å². The molecule has 1 heterocycles. The first-order valence-electron chi connectivity index (χ1n) is 9.09. The van der Waals surface area contributed by atoms with Gasteiger partial charge in [0.2, 0.25) is 0 Å². The molecule has 0 spiro atoms. The summed E-state index contributed by atoms with van der Waals surface area (Å²) < 4.78 is 2.12.